The topological polar surface area (TPSA) is 81.2 Å². The van der Waals surface area contributed by atoms with Gasteiger partial charge in [-0.05, 0) is 30.7 Å². The van der Waals surface area contributed by atoms with E-state index >= 15 is 0 Å². The Kier molecular flexibility index (Phi) is 7.53. The summed E-state index contributed by atoms with van der Waals surface area (Å²) in [5.74, 6) is 0.334. The molecule has 0 aliphatic heterocycles. The summed E-state index contributed by atoms with van der Waals surface area (Å²) < 4.78 is 5.43. The second-order valence-electron chi connectivity index (χ2n) is 5.60. The second-order valence-corrected chi connectivity index (χ2v) is 6.66. The van der Waals surface area contributed by atoms with Gasteiger partial charge >= 0.3 is 0 Å². The fourth-order valence-corrected chi connectivity index (χ4v) is 2.97. The predicted octanol–water partition coefficient (Wildman–Crippen LogP) is 3.88. The van der Waals surface area contributed by atoms with Crippen LogP contribution in [0.1, 0.15) is 54.9 Å². The van der Waals surface area contributed by atoms with E-state index in [1.807, 2.05) is 6.92 Å². The normalized spacial score (nSPS) is 10.5. The lowest BCUT2D eigenvalue weighted by molar-refractivity contribution is -0.118. The Bertz CT molecular complexity index is 698. The molecule has 1 aromatic carbocycles. The average molecular weight is 361 g/mol. The summed E-state index contributed by atoms with van der Waals surface area (Å²) in [6.45, 7) is 3.85. The Balaban J connectivity index is 1.77. The number of hydrogen-bond acceptors (Lipinski definition) is 6. The number of anilines is 1. The van der Waals surface area contributed by atoms with Gasteiger partial charge in [0.15, 0.2) is 12.4 Å². The highest BCUT2D eigenvalue weighted by atomic mass is 32.1. The number of Topliss-reactive ketones (excluding diaryl/α,β-unsaturated/α-hetero) is 1. The number of rotatable bonds is 10. The Morgan fingerprint density at radius 1 is 1.12 bits per heavy atom. The molecule has 6 nitrogen and oxygen atoms in total. The molecule has 0 unspecified atom stereocenters. The van der Waals surface area contributed by atoms with Crippen molar-refractivity contribution in [2.75, 3.05) is 11.9 Å². The minimum atomic E-state index is -0.287. The van der Waals surface area contributed by atoms with Crippen LogP contribution in [-0.4, -0.2) is 28.5 Å². The smallest absolute Gasteiger partial charge is 0.264 e. The molecule has 0 saturated heterocycles. The molecule has 0 saturated carbocycles. The molecule has 0 spiro atoms. The molecule has 0 fully saturated rings. The molecule has 2 aromatic rings. The van der Waals surface area contributed by atoms with Crippen molar-refractivity contribution < 1.29 is 14.3 Å². The minimum Gasteiger partial charge on any atom is -0.484 e. The maximum atomic E-state index is 11.9. The molecular weight excluding hydrogens is 338 g/mol. The van der Waals surface area contributed by atoms with E-state index in [0.29, 0.717) is 22.9 Å². The number of aryl methyl sites for hydroxylation is 1. The number of aromatic nitrogens is 2. The molecule has 1 N–H and O–H groups in total. The summed E-state index contributed by atoms with van der Waals surface area (Å²) in [5.41, 5.74) is 0.642. The SMILES string of the molecule is CCCCCc1nnc(NC(=O)COc2ccc(C(=O)CC)cc2)s1. The number of benzene rings is 1. The molecule has 0 atom stereocenters. The first-order chi connectivity index (χ1) is 12.1. The van der Waals surface area contributed by atoms with Crippen LogP contribution in [0.3, 0.4) is 0 Å². The van der Waals surface area contributed by atoms with Gasteiger partial charge < -0.3 is 4.74 Å². The third kappa shape index (κ3) is 6.26. The summed E-state index contributed by atoms with van der Waals surface area (Å²) in [7, 11) is 0. The minimum absolute atomic E-state index is 0.0790. The monoisotopic (exact) mass is 361 g/mol. The van der Waals surface area contributed by atoms with E-state index in [9.17, 15) is 9.59 Å². The van der Waals surface area contributed by atoms with E-state index in [1.54, 1.807) is 24.3 Å². The van der Waals surface area contributed by atoms with E-state index in [0.717, 1.165) is 30.7 Å². The van der Waals surface area contributed by atoms with Gasteiger partial charge in [0.25, 0.3) is 5.91 Å². The first kappa shape index (κ1) is 19.1. The van der Waals surface area contributed by atoms with Crippen molar-refractivity contribution in [1.82, 2.24) is 10.2 Å². The summed E-state index contributed by atoms with van der Waals surface area (Å²) in [4.78, 5) is 23.5. The number of nitrogens with zero attached hydrogens (tertiary/aromatic N) is 2. The zero-order valence-electron chi connectivity index (χ0n) is 14.6. The fourth-order valence-electron chi connectivity index (χ4n) is 2.18. The first-order valence-corrected chi connectivity index (χ1v) is 9.32. The lowest BCUT2D eigenvalue weighted by Crippen LogP contribution is -2.20. The van der Waals surface area contributed by atoms with Crippen molar-refractivity contribution in [2.24, 2.45) is 0 Å². The molecule has 0 bridgehead atoms. The van der Waals surface area contributed by atoms with Gasteiger partial charge in [-0.3, -0.25) is 14.9 Å². The molecule has 1 heterocycles. The van der Waals surface area contributed by atoms with Crippen LogP contribution in [0.4, 0.5) is 5.13 Å². The van der Waals surface area contributed by atoms with Crippen molar-refractivity contribution >= 4 is 28.2 Å². The van der Waals surface area contributed by atoms with E-state index in [-0.39, 0.29) is 18.3 Å². The highest BCUT2D eigenvalue weighted by Gasteiger charge is 2.09. The molecule has 2 rings (SSSR count). The van der Waals surface area contributed by atoms with E-state index < -0.39 is 0 Å². The van der Waals surface area contributed by atoms with Crippen molar-refractivity contribution in [3.05, 3.63) is 34.8 Å². The van der Waals surface area contributed by atoms with Gasteiger partial charge in [0, 0.05) is 18.4 Å². The molecule has 134 valence electrons. The number of carbonyl (C=O) groups excluding carboxylic acids is 2. The van der Waals surface area contributed by atoms with Crippen LogP contribution in [0.2, 0.25) is 0 Å². The molecule has 1 aromatic heterocycles. The molecule has 7 heteroatoms. The Hall–Kier alpha value is -2.28. The lowest BCUT2D eigenvalue weighted by Gasteiger charge is -2.06. The van der Waals surface area contributed by atoms with Crippen molar-refractivity contribution in [2.45, 2.75) is 46.0 Å². The standard InChI is InChI=1S/C18H23N3O3S/c1-3-5-6-7-17-20-21-18(25-17)19-16(23)12-24-14-10-8-13(9-11-14)15(22)4-2/h8-11H,3-7,12H2,1-2H3,(H,19,21,23). The zero-order valence-corrected chi connectivity index (χ0v) is 15.4. The second kappa shape index (κ2) is 9.88. The summed E-state index contributed by atoms with van der Waals surface area (Å²) >= 11 is 1.39. The van der Waals surface area contributed by atoms with Crippen LogP contribution >= 0.6 is 11.3 Å². The number of amides is 1. The fraction of sp³-hybridized carbons (Fsp3) is 0.444. The van der Waals surface area contributed by atoms with Crippen LogP contribution in [0.5, 0.6) is 5.75 Å². The number of unbranched alkanes of at least 4 members (excludes halogenated alkanes) is 2. The number of ketones is 1. The first-order valence-electron chi connectivity index (χ1n) is 8.50. The molecule has 0 radical (unpaired) electrons. The van der Waals surface area contributed by atoms with Crippen LogP contribution in [-0.2, 0) is 11.2 Å². The van der Waals surface area contributed by atoms with Crippen LogP contribution in [0.25, 0.3) is 0 Å². The van der Waals surface area contributed by atoms with Crippen molar-refractivity contribution in [1.29, 1.82) is 0 Å². The number of ether oxygens (including phenoxy) is 1. The molecule has 0 aliphatic rings. The Morgan fingerprint density at radius 3 is 2.56 bits per heavy atom. The number of carbonyl (C=O) groups is 2. The molecular formula is C18H23N3O3S. The Labute approximate surface area is 151 Å². The average Bonchev–Trinajstić information content (AvgIpc) is 3.07. The van der Waals surface area contributed by atoms with E-state index in [4.69, 9.17) is 4.74 Å². The van der Waals surface area contributed by atoms with E-state index in [1.165, 1.54) is 11.3 Å². The summed E-state index contributed by atoms with van der Waals surface area (Å²) in [5, 5.41) is 12.2. The van der Waals surface area contributed by atoms with Gasteiger partial charge in [0.05, 0.1) is 0 Å². The third-order valence-electron chi connectivity index (χ3n) is 3.57. The van der Waals surface area contributed by atoms with Crippen LogP contribution < -0.4 is 10.1 Å². The van der Waals surface area contributed by atoms with Crippen molar-refractivity contribution in [3.63, 3.8) is 0 Å². The quantitative estimate of drug-likeness (QED) is 0.513. The van der Waals surface area contributed by atoms with Gasteiger partial charge in [-0.1, -0.05) is 38.0 Å². The number of hydrogen-bond donors (Lipinski definition) is 1. The predicted molar refractivity (Wildman–Crippen MR) is 98.3 cm³/mol. The van der Waals surface area contributed by atoms with Gasteiger partial charge in [-0.15, -0.1) is 10.2 Å². The molecule has 0 aliphatic carbocycles. The third-order valence-corrected chi connectivity index (χ3v) is 4.47. The summed E-state index contributed by atoms with van der Waals surface area (Å²) in [6.07, 6.45) is 4.76. The van der Waals surface area contributed by atoms with Gasteiger partial charge in [-0.2, -0.15) is 0 Å². The maximum absolute atomic E-state index is 11.9. The highest BCUT2D eigenvalue weighted by molar-refractivity contribution is 7.15. The highest BCUT2D eigenvalue weighted by Crippen LogP contribution is 2.18. The zero-order chi connectivity index (χ0) is 18.1. The van der Waals surface area contributed by atoms with Gasteiger partial charge in [0.1, 0.15) is 10.8 Å². The van der Waals surface area contributed by atoms with Crippen LogP contribution in [0.15, 0.2) is 24.3 Å². The van der Waals surface area contributed by atoms with E-state index in [2.05, 4.69) is 22.4 Å². The number of nitrogens with one attached hydrogen (secondary N) is 1. The van der Waals surface area contributed by atoms with Crippen molar-refractivity contribution in [3.8, 4) is 5.75 Å². The maximum Gasteiger partial charge on any atom is 0.264 e. The van der Waals surface area contributed by atoms with Gasteiger partial charge in [0.2, 0.25) is 5.13 Å². The molecule has 25 heavy (non-hydrogen) atoms. The Morgan fingerprint density at radius 2 is 1.88 bits per heavy atom. The largest absolute Gasteiger partial charge is 0.484 e. The van der Waals surface area contributed by atoms with Crippen LogP contribution in [0, 0.1) is 0 Å². The van der Waals surface area contributed by atoms with Gasteiger partial charge in [-0.25, -0.2) is 0 Å². The lowest BCUT2D eigenvalue weighted by atomic mass is 10.1. The summed E-state index contributed by atoms with van der Waals surface area (Å²) in [6, 6.07) is 6.78. The molecule has 1 amide bonds.